The molecule has 1 aromatic carbocycles. The molecule has 1 N–H and O–H groups in total. The van der Waals surface area contributed by atoms with Gasteiger partial charge in [-0.25, -0.2) is 4.98 Å². The number of hydrogen-bond acceptors (Lipinski definition) is 4. The molecule has 0 saturated heterocycles. The summed E-state index contributed by atoms with van der Waals surface area (Å²) in [5, 5.41) is 2.71. The molecule has 0 saturated carbocycles. The van der Waals surface area contributed by atoms with Gasteiger partial charge in [-0.15, -0.1) is 0 Å². The Hall–Kier alpha value is -2.43. The summed E-state index contributed by atoms with van der Waals surface area (Å²) in [6, 6.07) is 7.85. The molecule has 23 heavy (non-hydrogen) atoms. The Morgan fingerprint density at radius 3 is 2.65 bits per heavy atom. The van der Waals surface area contributed by atoms with Crippen molar-refractivity contribution in [1.29, 1.82) is 0 Å². The Morgan fingerprint density at radius 1 is 1.26 bits per heavy atom. The third-order valence-electron chi connectivity index (χ3n) is 3.33. The van der Waals surface area contributed by atoms with Crippen LogP contribution in [0.3, 0.4) is 0 Å². The molecule has 0 aliphatic carbocycles. The Kier molecular flexibility index (Phi) is 5.32. The Morgan fingerprint density at radius 2 is 2.00 bits per heavy atom. The second-order valence-corrected chi connectivity index (χ2v) is 6.01. The molecule has 1 heterocycles. The molecule has 2 rings (SSSR count). The van der Waals surface area contributed by atoms with E-state index < -0.39 is 0 Å². The lowest BCUT2D eigenvalue weighted by Crippen LogP contribution is -2.32. The lowest BCUT2D eigenvalue weighted by Gasteiger charge is -2.06. The smallest absolute Gasteiger partial charge is 0.227 e. The fourth-order valence-electron chi connectivity index (χ4n) is 2.29. The van der Waals surface area contributed by atoms with Crippen LogP contribution in [0, 0.1) is 13.8 Å². The Labute approximate surface area is 136 Å². The Balaban J connectivity index is 2.07. The highest BCUT2D eigenvalue weighted by molar-refractivity contribution is 5.98. The summed E-state index contributed by atoms with van der Waals surface area (Å²) in [6.45, 7) is 7.50. The maximum Gasteiger partial charge on any atom is 0.227 e. The minimum Gasteiger partial charge on any atom is -0.441 e. The number of carbonyl (C=O) groups is 2. The van der Waals surface area contributed by atoms with E-state index in [0.29, 0.717) is 17.3 Å². The highest BCUT2D eigenvalue weighted by Gasteiger charge is 2.17. The molecule has 5 heteroatoms. The Bertz CT molecular complexity index is 717. The number of benzene rings is 1. The fraction of sp³-hybridized carbons (Fsp3) is 0.389. The predicted octanol–water partition coefficient (Wildman–Crippen LogP) is 2.98. The van der Waals surface area contributed by atoms with Crippen LogP contribution in [0.2, 0.25) is 0 Å². The highest BCUT2D eigenvalue weighted by Crippen LogP contribution is 2.23. The molecule has 0 unspecified atom stereocenters. The zero-order chi connectivity index (χ0) is 17.0. The monoisotopic (exact) mass is 314 g/mol. The first-order valence-corrected chi connectivity index (χ1v) is 7.69. The van der Waals surface area contributed by atoms with Gasteiger partial charge in [-0.2, -0.15) is 0 Å². The average molecular weight is 314 g/mol. The topological polar surface area (TPSA) is 72.2 Å². The number of carbonyl (C=O) groups excluding carboxylic acids is 2. The van der Waals surface area contributed by atoms with Crippen molar-refractivity contribution in [2.24, 2.45) is 0 Å². The van der Waals surface area contributed by atoms with Crippen LogP contribution in [0.1, 0.15) is 37.3 Å². The molecule has 0 aliphatic heterocycles. The highest BCUT2D eigenvalue weighted by atomic mass is 16.4. The summed E-state index contributed by atoms with van der Waals surface area (Å²) in [5.74, 6) is 0.681. The third-order valence-corrected chi connectivity index (χ3v) is 3.33. The zero-order valence-electron chi connectivity index (χ0n) is 14.0. The number of aromatic nitrogens is 1. The van der Waals surface area contributed by atoms with Crippen molar-refractivity contribution in [2.75, 3.05) is 0 Å². The summed E-state index contributed by atoms with van der Waals surface area (Å²) in [7, 11) is 0. The van der Waals surface area contributed by atoms with E-state index in [1.165, 1.54) is 0 Å². The summed E-state index contributed by atoms with van der Waals surface area (Å²) in [5.41, 5.74) is 2.58. The molecule has 0 spiro atoms. The van der Waals surface area contributed by atoms with E-state index in [-0.39, 0.29) is 30.6 Å². The first-order valence-electron chi connectivity index (χ1n) is 7.69. The molecule has 2 aromatic rings. The number of nitrogens with zero attached hydrogens (tertiary/aromatic N) is 1. The first kappa shape index (κ1) is 16.9. The van der Waals surface area contributed by atoms with Crippen LogP contribution in [0.25, 0.3) is 11.5 Å². The fourth-order valence-corrected chi connectivity index (χ4v) is 2.29. The molecule has 0 radical (unpaired) electrons. The van der Waals surface area contributed by atoms with Crippen molar-refractivity contribution in [3.63, 3.8) is 0 Å². The van der Waals surface area contributed by atoms with Crippen LogP contribution < -0.4 is 5.32 Å². The summed E-state index contributed by atoms with van der Waals surface area (Å²) in [4.78, 5) is 28.1. The van der Waals surface area contributed by atoms with Crippen molar-refractivity contribution in [2.45, 2.75) is 46.6 Å². The van der Waals surface area contributed by atoms with Crippen LogP contribution in [0.15, 0.2) is 28.7 Å². The number of Topliss-reactive ketones (excluding diaryl/α,β-unsaturated/α-hetero) is 1. The molecule has 0 bridgehead atoms. The van der Waals surface area contributed by atoms with Gasteiger partial charge in [0.25, 0.3) is 0 Å². The van der Waals surface area contributed by atoms with Gasteiger partial charge in [0.2, 0.25) is 11.8 Å². The predicted molar refractivity (Wildman–Crippen MR) is 88.0 cm³/mol. The van der Waals surface area contributed by atoms with Gasteiger partial charge in [0.15, 0.2) is 0 Å². The van der Waals surface area contributed by atoms with Gasteiger partial charge in [0.05, 0.1) is 18.5 Å². The molecule has 0 atom stereocenters. The van der Waals surface area contributed by atoms with Crippen molar-refractivity contribution in [1.82, 2.24) is 10.3 Å². The molecular weight excluding hydrogens is 292 g/mol. The van der Waals surface area contributed by atoms with Crippen LogP contribution in [0.4, 0.5) is 0 Å². The van der Waals surface area contributed by atoms with E-state index in [2.05, 4.69) is 10.3 Å². The van der Waals surface area contributed by atoms with Gasteiger partial charge < -0.3 is 9.73 Å². The summed E-state index contributed by atoms with van der Waals surface area (Å²) >= 11 is 0. The molecule has 0 fully saturated rings. The van der Waals surface area contributed by atoms with Crippen LogP contribution in [-0.2, 0) is 16.0 Å². The minimum atomic E-state index is -0.259. The summed E-state index contributed by atoms with van der Waals surface area (Å²) in [6.07, 6.45) is -0.0308. The van der Waals surface area contributed by atoms with Gasteiger partial charge in [0.1, 0.15) is 11.5 Å². The molecule has 122 valence electrons. The van der Waals surface area contributed by atoms with E-state index in [1.54, 1.807) is 6.92 Å². The third kappa shape index (κ3) is 4.77. The molecule has 1 amide bonds. The second-order valence-electron chi connectivity index (χ2n) is 6.01. The van der Waals surface area contributed by atoms with Crippen LogP contribution >= 0.6 is 0 Å². The van der Waals surface area contributed by atoms with E-state index in [4.69, 9.17) is 4.42 Å². The second kappa shape index (κ2) is 7.22. The quantitative estimate of drug-likeness (QED) is 0.832. The van der Waals surface area contributed by atoms with Gasteiger partial charge in [0, 0.05) is 11.6 Å². The lowest BCUT2D eigenvalue weighted by atomic mass is 10.1. The number of oxazole rings is 1. The average Bonchev–Trinajstić information content (AvgIpc) is 2.79. The van der Waals surface area contributed by atoms with Crippen molar-refractivity contribution >= 4 is 11.7 Å². The van der Waals surface area contributed by atoms with E-state index in [1.807, 2.05) is 45.0 Å². The van der Waals surface area contributed by atoms with Gasteiger partial charge >= 0.3 is 0 Å². The molecular formula is C18H22N2O3. The number of hydrogen-bond donors (Lipinski definition) is 1. The maximum atomic E-state index is 12.0. The van der Waals surface area contributed by atoms with Crippen molar-refractivity contribution in [3.8, 4) is 11.5 Å². The normalized spacial score (nSPS) is 10.8. The van der Waals surface area contributed by atoms with Crippen LogP contribution in [-0.4, -0.2) is 22.7 Å². The molecule has 1 aromatic heterocycles. The minimum absolute atomic E-state index is 0.0250. The number of aryl methyl sites for hydroxylation is 2. The van der Waals surface area contributed by atoms with Gasteiger partial charge in [-0.3, -0.25) is 9.59 Å². The number of amides is 1. The van der Waals surface area contributed by atoms with E-state index >= 15 is 0 Å². The standard InChI is InChI=1S/C18H22N2O3/c1-11(2)19-17(22)10-15(21)9-16-13(4)23-18(20-16)14-7-5-6-12(3)8-14/h5-8,11H,9-10H2,1-4H3,(H,19,22). The largest absolute Gasteiger partial charge is 0.441 e. The lowest BCUT2D eigenvalue weighted by molar-refractivity contribution is -0.128. The van der Waals surface area contributed by atoms with E-state index in [9.17, 15) is 9.59 Å². The van der Waals surface area contributed by atoms with Crippen molar-refractivity contribution < 1.29 is 14.0 Å². The zero-order valence-corrected chi connectivity index (χ0v) is 14.0. The number of rotatable bonds is 6. The van der Waals surface area contributed by atoms with Crippen molar-refractivity contribution in [3.05, 3.63) is 41.3 Å². The van der Waals surface area contributed by atoms with Gasteiger partial charge in [-0.1, -0.05) is 17.7 Å². The first-order chi connectivity index (χ1) is 10.8. The molecule has 0 aliphatic rings. The summed E-state index contributed by atoms with van der Waals surface area (Å²) < 4.78 is 5.66. The van der Waals surface area contributed by atoms with Gasteiger partial charge in [-0.05, 0) is 39.8 Å². The van der Waals surface area contributed by atoms with Crippen LogP contribution in [0.5, 0.6) is 0 Å². The number of nitrogens with one attached hydrogen (secondary N) is 1. The molecule has 5 nitrogen and oxygen atoms in total. The maximum absolute atomic E-state index is 12.0. The van der Waals surface area contributed by atoms with E-state index in [0.717, 1.165) is 11.1 Å². The SMILES string of the molecule is Cc1cccc(-c2nc(CC(=O)CC(=O)NC(C)C)c(C)o2)c1. The number of ketones is 1.